The first-order valence-electron chi connectivity index (χ1n) is 9.27. The number of hydrogen-bond donors (Lipinski definition) is 0. The molecule has 134 valence electrons. The molecule has 2 aromatic carbocycles. The lowest BCUT2D eigenvalue weighted by molar-refractivity contribution is 0.174. The standard InChI is InChI=1S/C22H25N3O/c1-17-8-10-20(11-9-17)25-14-12-24(13-15-25)18(2)22-23-16-21(26-22)19-6-4-3-5-7-19/h3-11,16,18H,12-15H2,1-2H3. The Balaban J connectivity index is 1.40. The van der Waals surface area contributed by atoms with Gasteiger partial charge in [-0.15, -0.1) is 0 Å². The third-order valence-electron chi connectivity index (χ3n) is 5.20. The van der Waals surface area contributed by atoms with Crippen LogP contribution in [0.2, 0.25) is 0 Å². The predicted molar refractivity (Wildman–Crippen MR) is 105 cm³/mol. The zero-order valence-electron chi connectivity index (χ0n) is 15.4. The Hall–Kier alpha value is -2.59. The van der Waals surface area contributed by atoms with Crippen LogP contribution in [0.3, 0.4) is 0 Å². The lowest BCUT2D eigenvalue weighted by atomic mass is 10.2. The van der Waals surface area contributed by atoms with Crippen LogP contribution in [0, 0.1) is 6.92 Å². The summed E-state index contributed by atoms with van der Waals surface area (Å²) < 4.78 is 6.04. The second-order valence-electron chi connectivity index (χ2n) is 6.96. The van der Waals surface area contributed by atoms with Gasteiger partial charge in [0.25, 0.3) is 0 Å². The average molecular weight is 347 g/mol. The summed E-state index contributed by atoms with van der Waals surface area (Å²) in [5.74, 6) is 1.64. The van der Waals surface area contributed by atoms with E-state index < -0.39 is 0 Å². The largest absolute Gasteiger partial charge is 0.439 e. The molecule has 1 atom stereocenters. The molecule has 1 aliphatic rings. The average Bonchev–Trinajstić information content (AvgIpc) is 3.19. The number of piperazine rings is 1. The minimum Gasteiger partial charge on any atom is -0.439 e. The first-order valence-corrected chi connectivity index (χ1v) is 9.27. The molecule has 1 aromatic heterocycles. The van der Waals surface area contributed by atoms with Crippen LogP contribution in [0.15, 0.2) is 65.2 Å². The minimum atomic E-state index is 0.188. The van der Waals surface area contributed by atoms with Crippen LogP contribution in [0.4, 0.5) is 5.69 Å². The van der Waals surface area contributed by atoms with Crippen molar-refractivity contribution in [3.05, 3.63) is 72.2 Å². The number of benzene rings is 2. The van der Waals surface area contributed by atoms with Crippen LogP contribution in [0.5, 0.6) is 0 Å². The van der Waals surface area contributed by atoms with Crippen molar-refractivity contribution in [3.8, 4) is 11.3 Å². The lowest BCUT2D eigenvalue weighted by Crippen LogP contribution is -2.47. The van der Waals surface area contributed by atoms with Crippen molar-refractivity contribution in [1.29, 1.82) is 0 Å². The van der Waals surface area contributed by atoms with Gasteiger partial charge in [0.15, 0.2) is 5.76 Å². The summed E-state index contributed by atoms with van der Waals surface area (Å²) in [5, 5.41) is 0. The van der Waals surface area contributed by atoms with Gasteiger partial charge in [-0.05, 0) is 26.0 Å². The van der Waals surface area contributed by atoms with E-state index in [1.807, 2.05) is 24.4 Å². The van der Waals surface area contributed by atoms with E-state index in [0.29, 0.717) is 0 Å². The fourth-order valence-electron chi connectivity index (χ4n) is 3.50. The van der Waals surface area contributed by atoms with Gasteiger partial charge in [0, 0.05) is 37.4 Å². The highest BCUT2D eigenvalue weighted by atomic mass is 16.4. The van der Waals surface area contributed by atoms with E-state index in [9.17, 15) is 0 Å². The molecule has 2 heterocycles. The van der Waals surface area contributed by atoms with Crippen molar-refractivity contribution < 1.29 is 4.42 Å². The lowest BCUT2D eigenvalue weighted by Gasteiger charge is -2.38. The minimum absolute atomic E-state index is 0.188. The van der Waals surface area contributed by atoms with Gasteiger partial charge in [-0.25, -0.2) is 4.98 Å². The first kappa shape index (κ1) is 16.9. The normalized spacial score (nSPS) is 16.6. The van der Waals surface area contributed by atoms with Gasteiger partial charge in [0.1, 0.15) is 0 Å². The van der Waals surface area contributed by atoms with Crippen LogP contribution >= 0.6 is 0 Å². The van der Waals surface area contributed by atoms with E-state index in [4.69, 9.17) is 4.42 Å². The Morgan fingerprint density at radius 1 is 0.923 bits per heavy atom. The third kappa shape index (κ3) is 3.51. The SMILES string of the molecule is Cc1ccc(N2CCN(C(C)c3ncc(-c4ccccc4)o3)CC2)cc1. The number of aromatic nitrogens is 1. The van der Waals surface area contributed by atoms with Gasteiger partial charge in [-0.2, -0.15) is 0 Å². The van der Waals surface area contributed by atoms with E-state index in [-0.39, 0.29) is 6.04 Å². The number of anilines is 1. The summed E-state index contributed by atoms with van der Waals surface area (Å²) in [7, 11) is 0. The zero-order valence-corrected chi connectivity index (χ0v) is 15.4. The van der Waals surface area contributed by atoms with E-state index >= 15 is 0 Å². The summed E-state index contributed by atoms with van der Waals surface area (Å²) >= 11 is 0. The molecule has 0 N–H and O–H groups in total. The molecule has 0 aliphatic carbocycles. The Labute approximate surface area is 155 Å². The second kappa shape index (κ2) is 7.34. The Bertz CT molecular complexity index is 833. The number of oxazole rings is 1. The zero-order chi connectivity index (χ0) is 17.9. The van der Waals surface area contributed by atoms with E-state index in [1.54, 1.807) is 0 Å². The maximum absolute atomic E-state index is 6.04. The molecular formula is C22H25N3O. The molecule has 1 aliphatic heterocycles. The molecular weight excluding hydrogens is 322 g/mol. The van der Waals surface area contributed by atoms with Crippen LogP contribution in [-0.2, 0) is 0 Å². The van der Waals surface area contributed by atoms with E-state index in [0.717, 1.165) is 43.4 Å². The Kier molecular flexibility index (Phi) is 4.76. The highest BCUT2D eigenvalue weighted by molar-refractivity contribution is 5.55. The Morgan fingerprint density at radius 2 is 1.62 bits per heavy atom. The maximum Gasteiger partial charge on any atom is 0.211 e. The summed E-state index contributed by atoms with van der Waals surface area (Å²) in [6.45, 7) is 8.39. The molecule has 4 rings (SSSR count). The van der Waals surface area contributed by atoms with Gasteiger partial charge in [-0.3, -0.25) is 4.90 Å². The number of aryl methyl sites for hydroxylation is 1. The van der Waals surface area contributed by atoms with Gasteiger partial charge in [-0.1, -0.05) is 48.0 Å². The van der Waals surface area contributed by atoms with Crippen LogP contribution in [0.25, 0.3) is 11.3 Å². The van der Waals surface area contributed by atoms with Gasteiger partial charge < -0.3 is 9.32 Å². The van der Waals surface area contributed by atoms with Crippen LogP contribution < -0.4 is 4.90 Å². The summed E-state index contributed by atoms with van der Waals surface area (Å²) in [5.41, 5.74) is 3.69. The van der Waals surface area contributed by atoms with Crippen LogP contribution in [-0.4, -0.2) is 36.1 Å². The number of hydrogen-bond acceptors (Lipinski definition) is 4. The summed E-state index contributed by atoms with van der Waals surface area (Å²) in [4.78, 5) is 9.43. The predicted octanol–water partition coefficient (Wildman–Crippen LogP) is 4.53. The van der Waals surface area contributed by atoms with Crippen LogP contribution in [0.1, 0.15) is 24.4 Å². The highest BCUT2D eigenvalue weighted by Crippen LogP contribution is 2.27. The molecule has 0 radical (unpaired) electrons. The molecule has 0 bridgehead atoms. The number of nitrogens with zero attached hydrogens (tertiary/aromatic N) is 3. The quantitative estimate of drug-likeness (QED) is 0.694. The highest BCUT2D eigenvalue weighted by Gasteiger charge is 2.25. The fraction of sp³-hybridized carbons (Fsp3) is 0.318. The molecule has 4 nitrogen and oxygen atoms in total. The molecule has 26 heavy (non-hydrogen) atoms. The maximum atomic E-state index is 6.04. The molecule has 1 fully saturated rings. The topological polar surface area (TPSA) is 32.5 Å². The van der Waals surface area contributed by atoms with Crippen molar-refractivity contribution in [2.45, 2.75) is 19.9 Å². The van der Waals surface area contributed by atoms with Gasteiger partial charge in [0.2, 0.25) is 5.89 Å². The van der Waals surface area contributed by atoms with Crippen molar-refractivity contribution in [2.75, 3.05) is 31.1 Å². The van der Waals surface area contributed by atoms with Gasteiger partial charge >= 0.3 is 0 Å². The molecule has 0 amide bonds. The molecule has 3 aromatic rings. The van der Waals surface area contributed by atoms with Crippen molar-refractivity contribution in [3.63, 3.8) is 0 Å². The molecule has 0 saturated carbocycles. The second-order valence-corrected chi connectivity index (χ2v) is 6.96. The molecule has 0 spiro atoms. The van der Waals surface area contributed by atoms with Crippen molar-refractivity contribution in [1.82, 2.24) is 9.88 Å². The smallest absolute Gasteiger partial charge is 0.211 e. The van der Waals surface area contributed by atoms with Crippen molar-refractivity contribution in [2.24, 2.45) is 0 Å². The molecule has 1 saturated heterocycles. The molecule has 1 unspecified atom stereocenters. The van der Waals surface area contributed by atoms with E-state index in [2.05, 4.69) is 65.0 Å². The number of rotatable bonds is 4. The Morgan fingerprint density at radius 3 is 2.31 bits per heavy atom. The van der Waals surface area contributed by atoms with Crippen molar-refractivity contribution >= 4 is 5.69 Å². The third-order valence-corrected chi connectivity index (χ3v) is 5.20. The van der Waals surface area contributed by atoms with Gasteiger partial charge in [0.05, 0.1) is 12.2 Å². The fourth-order valence-corrected chi connectivity index (χ4v) is 3.50. The first-order chi connectivity index (χ1) is 12.7. The van der Waals surface area contributed by atoms with E-state index in [1.165, 1.54) is 11.3 Å². The monoisotopic (exact) mass is 347 g/mol. The summed E-state index contributed by atoms with van der Waals surface area (Å²) in [6, 6.07) is 19.1. The summed E-state index contributed by atoms with van der Waals surface area (Å²) in [6.07, 6.45) is 1.84. The molecule has 4 heteroatoms.